The fourth-order valence-corrected chi connectivity index (χ4v) is 4.21. The van der Waals surface area contributed by atoms with Crippen LogP contribution in [0, 0.1) is 27.7 Å². The molecule has 2 heterocycles. The molecular weight excluding hydrogens is 340 g/mol. The fourth-order valence-electron chi connectivity index (χ4n) is 2.50. The van der Waals surface area contributed by atoms with Crippen LogP contribution >= 0.6 is 23.1 Å². The number of nitrogens with zero attached hydrogens (tertiary/aromatic N) is 4. The number of aromatic nitrogens is 4. The van der Waals surface area contributed by atoms with Crippen molar-refractivity contribution in [3.05, 3.63) is 50.7 Å². The van der Waals surface area contributed by atoms with Gasteiger partial charge in [-0.15, -0.1) is 16.4 Å². The number of rotatable bonds is 5. The third kappa shape index (κ3) is 3.27. The largest absolute Gasteiger partial charge is 0.293 e. The Bertz CT molecular complexity index is 898. The zero-order valence-corrected chi connectivity index (χ0v) is 15.7. The maximum atomic E-state index is 12.5. The van der Waals surface area contributed by atoms with Crippen molar-refractivity contribution in [2.24, 2.45) is 0 Å². The minimum Gasteiger partial charge on any atom is -0.293 e. The Kier molecular flexibility index (Phi) is 4.82. The third-order valence-electron chi connectivity index (χ3n) is 3.92. The van der Waals surface area contributed by atoms with E-state index in [0.717, 1.165) is 26.6 Å². The summed E-state index contributed by atoms with van der Waals surface area (Å²) >= 11 is 3.01. The van der Waals surface area contributed by atoms with E-state index in [4.69, 9.17) is 0 Å². The molecule has 0 aliphatic carbocycles. The molecule has 3 rings (SSSR count). The molecule has 7 heteroatoms. The van der Waals surface area contributed by atoms with Crippen LogP contribution in [0.15, 0.2) is 29.4 Å². The van der Waals surface area contributed by atoms with Crippen molar-refractivity contribution in [1.82, 2.24) is 20.2 Å². The van der Waals surface area contributed by atoms with E-state index in [1.807, 2.05) is 39.0 Å². The lowest BCUT2D eigenvalue weighted by Crippen LogP contribution is -2.06. The van der Waals surface area contributed by atoms with Crippen molar-refractivity contribution >= 4 is 28.9 Å². The summed E-state index contributed by atoms with van der Waals surface area (Å²) in [5, 5.41) is 12.6. The maximum absolute atomic E-state index is 12.5. The number of aryl methyl sites for hydroxylation is 3. The summed E-state index contributed by atoms with van der Waals surface area (Å²) in [5.74, 6) is 0.430. The number of thiophene rings is 1. The van der Waals surface area contributed by atoms with E-state index in [1.165, 1.54) is 17.3 Å². The first-order valence-corrected chi connectivity index (χ1v) is 9.35. The normalized spacial score (nSPS) is 11.0. The molecule has 0 aliphatic rings. The molecule has 0 N–H and O–H groups in total. The number of Topliss-reactive ketones (excluding diaryl/α,β-unsaturated/α-hetero) is 1. The highest BCUT2D eigenvalue weighted by molar-refractivity contribution is 7.99. The van der Waals surface area contributed by atoms with Crippen LogP contribution in [0.5, 0.6) is 0 Å². The number of benzene rings is 1. The van der Waals surface area contributed by atoms with Gasteiger partial charge < -0.3 is 0 Å². The predicted octanol–water partition coefficient (Wildman–Crippen LogP) is 3.93. The van der Waals surface area contributed by atoms with Crippen molar-refractivity contribution < 1.29 is 4.79 Å². The van der Waals surface area contributed by atoms with Crippen molar-refractivity contribution in [3.8, 4) is 5.69 Å². The van der Waals surface area contributed by atoms with Gasteiger partial charge in [-0.25, -0.2) is 0 Å². The number of tetrazole rings is 1. The highest BCUT2D eigenvalue weighted by Crippen LogP contribution is 2.25. The zero-order valence-electron chi connectivity index (χ0n) is 14.0. The molecule has 0 amide bonds. The molecule has 24 heavy (non-hydrogen) atoms. The fraction of sp³-hybridized carbons (Fsp3) is 0.294. The summed E-state index contributed by atoms with van der Waals surface area (Å²) in [6.07, 6.45) is 0. The SMILES string of the molecule is Cc1cc(C(=O)CSc2nnnn2-c2cccc(C)c2C)c(C)s1. The molecule has 0 atom stereocenters. The first kappa shape index (κ1) is 16.9. The van der Waals surface area contributed by atoms with Gasteiger partial charge in [-0.05, 0) is 61.4 Å². The Morgan fingerprint density at radius 2 is 2.04 bits per heavy atom. The average molecular weight is 358 g/mol. The van der Waals surface area contributed by atoms with Crippen LogP contribution in [0.25, 0.3) is 5.69 Å². The van der Waals surface area contributed by atoms with Gasteiger partial charge in [0.05, 0.1) is 11.4 Å². The van der Waals surface area contributed by atoms with Crippen LogP contribution in [0.4, 0.5) is 0 Å². The lowest BCUT2D eigenvalue weighted by Gasteiger charge is -2.09. The van der Waals surface area contributed by atoms with Gasteiger partial charge in [0.2, 0.25) is 5.16 Å². The predicted molar refractivity (Wildman–Crippen MR) is 97.5 cm³/mol. The number of hydrogen-bond acceptors (Lipinski definition) is 6. The molecular formula is C17H18N4OS2. The van der Waals surface area contributed by atoms with Gasteiger partial charge in [-0.2, -0.15) is 4.68 Å². The topological polar surface area (TPSA) is 60.7 Å². The van der Waals surface area contributed by atoms with Crippen LogP contribution in [0.2, 0.25) is 0 Å². The Morgan fingerprint density at radius 3 is 2.75 bits per heavy atom. The van der Waals surface area contributed by atoms with Gasteiger partial charge in [-0.1, -0.05) is 23.9 Å². The van der Waals surface area contributed by atoms with Gasteiger partial charge in [0.25, 0.3) is 0 Å². The highest BCUT2D eigenvalue weighted by Gasteiger charge is 2.16. The molecule has 0 spiro atoms. The lowest BCUT2D eigenvalue weighted by molar-refractivity contribution is 0.102. The second-order valence-corrected chi connectivity index (χ2v) is 8.03. The van der Waals surface area contributed by atoms with Crippen molar-refractivity contribution in [1.29, 1.82) is 0 Å². The van der Waals surface area contributed by atoms with Crippen molar-refractivity contribution in [3.63, 3.8) is 0 Å². The Balaban J connectivity index is 1.80. The molecule has 5 nitrogen and oxygen atoms in total. The van der Waals surface area contributed by atoms with E-state index in [-0.39, 0.29) is 5.78 Å². The van der Waals surface area contributed by atoms with E-state index in [1.54, 1.807) is 16.0 Å². The van der Waals surface area contributed by atoms with E-state index in [9.17, 15) is 4.79 Å². The van der Waals surface area contributed by atoms with Gasteiger partial charge in [0, 0.05) is 15.3 Å². The van der Waals surface area contributed by atoms with E-state index < -0.39 is 0 Å². The van der Waals surface area contributed by atoms with Gasteiger partial charge >= 0.3 is 0 Å². The second kappa shape index (κ2) is 6.86. The summed E-state index contributed by atoms with van der Waals surface area (Å²) in [6.45, 7) is 8.10. The number of thioether (sulfide) groups is 1. The van der Waals surface area contributed by atoms with E-state index in [0.29, 0.717) is 10.9 Å². The minimum atomic E-state index is 0.109. The van der Waals surface area contributed by atoms with Crippen LogP contribution in [0.3, 0.4) is 0 Å². The number of ketones is 1. The van der Waals surface area contributed by atoms with E-state index in [2.05, 4.69) is 28.5 Å². The molecule has 2 aromatic heterocycles. The first-order valence-electron chi connectivity index (χ1n) is 7.55. The third-order valence-corrected chi connectivity index (χ3v) is 5.80. The number of carbonyl (C=O) groups excluding carboxylic acids is 1. The molecule has 0 saturated carbocycles. The molecule has 3 aromatic rings. The summed E-state index contributed by atoms with van der Waals surface area (Å²) < 4.78 is 1.70. The summed E-state index contributed by atoms with van der Waals surface area (Å²) in [5.41, 5.74) is 4.05. The van der Waals surface area contributed by atoms with Crippen molar-refractivity contribution in [2.45, 2.75) is 32.9 Å². The average Bonchev–Trinajstić information content (AvgIpc) is 3.13. The minimum absolute atomic E-state index is 0.109. The molecule has 0 bridgehead atoms. The van der Waals surface area contributed by atoms with Crippen LogP contribution in [0.1, 0.15) is 31.2 Å². The quantitative estimate of drug-likeness (QED) is 0.511. The standard InChI is InChI=1S/C17H18N4OS2/c1-10-6-5-7-15(12(10)3)21-17(18-19-20-21)23-9-16(22)14-8-11(2)24-13(14)4/h5-8H,9H2,1-4H3. The van der Waals surface area contributed by atoms with Crippen LogP contribution in [-0.4, -0.2) is 31.7 Å². The second-order valence-electron chi connectivity index (χ2n) is 5.63. The van der Waals surface area contributed by atoms with E-state index >= 15 is 0 Å². The molecule has 0 unspecified atom stereocenters. The monoisotopic (exact) mass is 358 g/mol. The molecule has 0 fully saturated rings. The van der Waals surface area contributed by atoms with Gasteiger partial charge in [-0.3, -0.25) is 4.79 Å². The Hall–Kier alpha value is -1.99. The molecule has 124 valence electrons. The summed E-state index contributed by atoms with van der Waals surface area (Å²) in [4.78, 5) is 14.7. The highest BCUT2D eigenvalue weighted by atomic mass is 32.2. The smallest absolute Gasteiger partial charge is 0.214 e. The van der Waals surface area contributed by atoms with Crippen LogP contribution in [-0.2, 0) is 0 Å². The first-order chi connectivity index (χ1) is 11.5. The maximum Gasteiger partial charge on any atom is 0.214 e. The number of carbonyl (C=O) groups is 1. The van der Waals surface area contributed by atoms with Gasteiger partial charge in [0.15, 0.2) is 5.78 Å². The van der Waals surface area contributed by atoms with Gasteiger partial charge in [0.1, 0.15) is 0 Å². The molecule has 0 saturated heterocycles. The zero-order chi connectivity index (χ0) is 17.3. The summed E-state index contributed by atoms with van der Waals surface area (Å²) in [6, 6.07) is 7.98. The summed E-state index contributed by atoms with van der Waals surface area (Å²) in [7, 11) is 0. The lowest BCUT2D eigenvalue weighted by atomic mass is 10.1. The Morgan fingerprint density at radius 1 is 1.25 bits per heavy atom. The molecule has 0 aliphatic heterocycles. The van der Waals surface area contributed by atoms with Crippen molar-refractivity contribution in [2.75, 3.05) is 5.75 Å². The molecule has 1 aromatic carbocycles. The van der Waals surface area contributed by atoms with Crippen LogP contribution < -0.4 is 0 Å². The number of hydrogen-bond donors (Lipinski definition) is 0. The molecule has 0 radical (unpaired) electrons. The Labute approximate surface area is 149 Å².